The highest BCUT2D eigenvalue weighted by molar-refractivity contribution is 5.79. The molecule has 92 valence electrons. The molecule has 0 fully saturated rings. The fourth-order valence-corrected chi connectivity index (χ4v) is 2.64. The van der Waals surface area contributed by atoms with Crippen LogP contribution in [0.1, 0.15) is 48.6 Å². The second-order valence-electron chi connectivity index (χ2n) is 5.27. The first-order valence-corrected chi connectivity index (χ1v) is 6.31. The van der Waals surface area contributed by atoms with E-state index in [9.17, 15) is 0 Å². The molecule has 0 N–H and O–H groups in total. The van der Waals surface area contributed by atoms with Crippen LogP contribution in [-0.2, 0) is 0 Å². The van der Waals surface area contributed by atoms with Crippen molar-refractivity contribution in [3.05, 3.63) is 33.4 Å². The molecule has 1 aromatic rings. The summed E-state index contributed by atoms with van der Waals surface area (Å²) in [5.41, 5.74) is 9.48. The molecule has 1 aliphatic rings. The molecule has 0 aromatic heterocycles. The Morgan fingerprint density at radius 3 is 1.88 bits per heavy atom. The minimum Gasteiger partial charge on any atom is -0.485 e. The summed E-state index contributed by atoms with van der Waals surface area (Å²) in [4.78, 5) is 0. The van der Waals surface area contributed by atoms with Gasteiger partial charge in [-0.1, -0.05) is 0 Å². The standard InChI is InChI=1S/C16H22O/c1-8-9(2)13(6)16-15(11(8)4)12(5)10(3)14(7)17-16/h14H,1-7H3. The van der Waals surface area contributed by atoms with Crippen LogP contribution in [-0.4, -0.2) is 6.10 Å². The molecular formula is C16H22O. The topological polar surface area (TPSA) is 9.23 Å². The van der Waals surface area contributed by atoms with E-state index in [-0.39, 0.29) is 6.10 Å². The molecule has 1 heterocycles. The maximum Gasteiger partial charge on any atom is 0.131 e. The molecule has 0 saturated carbocycles. The van der Waals surface area contributed by atoms with Crippen LogP contribution in [0.4, 0.5) is 0 Å². The molecule has 1 heteroatoms. The number of fused-ring (bicyclic) bond motifs is 1. The monoisotopic (exact) mass is 230 g/mol. The highest BCUT2D eigenvalue weighted by Gasteiger charge is 2.25. The lowest BCUT2D eigenvalue weighted by Crippen LogP contribution is -2.21. The zero-order chi connectivity index (χ0) is 12.9. The first-order chi connectivity index (χ1) is 7.86. The summed E-state index contributed by atoms with van der Waals surface area (Å²) >= 11 is 0. The van der Waals surface area contributed by atoms with Gasteiger partial charge in [0.05, 0.1) is 0 Å². The van der Waals surface area contributed by atoms with Gasteiger partial charge in [0, 0.05) is 5.56 Å². The van der Waals surface area contributed by atoms with E-state index >= 15 is 0 Å². The van der Waals surface area contributed by atoms with E-state index in [1.807, 2.05) is 0 Å². The zero-order valence-electron chi connectivity index (χ0n) is 12.0. The van der Waals surface area contributed by atoms with Crippen LogP contribution in [0.15, 0.2) is 5.57 Å². The molecular weight excluding hydrogens is 208 g/mol. The van der Waals surface area contributed by atoms with Crippen molar-refractivity contribution in [3.63, 3.8) is 0 Å². The van der Waals surface area contributed by atoms with Crippen molar-refractivity contribution < 1.29 is 4.74 Å². The summed E-state index contributed by atoms with van der Waals surface area (Å²) in [5.74, 6) is 1.10. The normalized spacial score (nSPS) is 19.1. The Morgan fingerprint density at radius 1 is 0.765 bits per heavy atom. The van der Waals surface area contributed by atoms with Crippen LogP contribution in [0.5, 0.6) is 5.75 Å². The third-order valence-corrected chi connectivity index (χ3v) is 4.50. The number of benzene rings is 1. The van der Waals surface area contributed by atoms with Gasteiger partial charge in [0.15, 0.2) is 0 Å². The Balaban J connectivity index is 2.85. The lowest BCUT2D eigenvalue weighted by Gasteiger charge is -2.30. The molecule has 1 aliphatic heterocycles. The predicted octanol–water partition coefficient (Wildman–Crippen LogP) is 4.49. The Labute approximate surface area is 104 Å². The highest BCUT2D eigenvalue weighted by Crippen LogP contribution is 2.42. The summed E-state index contributed by atoms with van der Waals surface area (Å²) in [7, 11) is 0. The summed E-state index contributed by atoms with van der Waals surface area (Å²) in [6, 6.07) is 0. The van der Waals surface area contributed by atoms with E-state index in [1.54, 1.807) is 0 Å². The maximum atomic E-state index is 6.10. The van der Waals surface area contributed by atoms with E-state index in [4.69, 9.17) is 4.74 Å². The molecule has 1 aromatic carbocycles. The molecule has 2 rings (SSSR count). The van der Waals surface area contributed by atoms with Gasteiger partial charge in [0.25, 0.3) is 0 Å². The van der Waals surface area contributed by atoms with E-state index in [2.05, 4.69) is 48.5 Å². The molecule has 0 aliphatic carbocycles. The van der Waals surface area contributed by atoms with E-state index in [0.717, 1.165) is 5.75 Å². The quantitative estimate of drug-likeness (QED) is 0.638. The van der Waals surface area contributed by atoms with E-state index < -0.39 is 0 Å². The molecule has 0 radical (unpaired) electrons. The molecule has 0 amide bonds. The van der Waals surface area contributed by atoms with Crippen LogP contribution in [0.2, 0.25) is 0 Å². The summed E-state index contributed by atoms with van der Waals surface area (Å²) < 4.78 is 6.10. The van der Waals surface area contributed by atoms with Crippen molar-refractivity contribution in [1.29, 1.82) is 0 Å². The maximum absolute atomic E-state index is 6.10. The van der Waals surface area contributed by atoms with Gasteiger partial charge < -0.3 is 4.74 Å². The van der Waals surface area contributed by atoms with Crippen LogP contribution in [0.3, 0.4) is 0 Å². The Bertz CT molecular complexity index is 521. The van der Waals surface area contributed by atoms with Crippen molar-refractivity contribution in [1.82, 2.24) is 0 Å². The van der Waals surface area contributed by atoms with Gasteiger partial charge in [0.1, 0.15) is 11.9 Å². The minimum absolute atomic E-state index is 0.197. The molecule has 0 saturated heterocycles. The average molecular weight is 230 g/mol. The lowest BCUT2D eigenvalue weighted by atomic mass is 9.86. The third-order valence-electron chi connectivity index (χ3n) is 4.50. The number of hydrogen-bond donors (Lipinski definition) is 0. The number of rotatable bonds is 0. The van der Waals surface area contributed by atoms with Crippen LogP contribution in [0.25, 0.3) is 5.57 Å². The largest absolute Gasteiger partial charge is 0.485 e. The first kappa shape index (κ1) is 12.2. The highest BCUT2D eigenvalue weighted by atomic mass is 16.5. The summed E-state index contributed by atoms with van der Waals surface area (Å²) in [5, 5.41) is 0. The lowest BCUT2D eigenvalue weighted by molar-refractivity contribution is 0.250. The SMILES string of the molecule is CC1=C(C)C(C)Oc2c(C)c(C)c(C)c(C)c21. The molecule has 17 heavy (non-hydrogen) atoms. The summed E-state index contributed by atoms with van der Waals surface area (Å²) in [6.07, 6.45) is 0.197. The van der Waals surface area contributed by atoms with Crippen LogP contribution in [0, 0.1) is 27.7 Å². The van der Waals surface area contributed by atoms with Crippen LogP contribution < -0.4 is 4.74 Å². The van der Waals surface area contributed by atoms with Crippen molar-refractivity contribution in [2.75, 3.05) is 0 Å². The molecule has 0 spiro atoms. The smallest absolute Gasteiger partial charge is 0.131 e. The van der Waals surface area contributed by atoms with Crippen molar-refractivity contribution in [2.24, 2.45) is 0 Å². The van der Waals surface area contributed by atoms with Crippen LogP contribution >= 0.6 is 0 Å². The number of ether oxygens (including phenoxy) is 1. The van der Waals surface area contributed by atoms with Gasteiger partial charge in [-0.05, 0) is 81.9 Å². The minimum atomic E-state index is 0.197. The average Bonchev–Trinajstić information content (AvgIpc) is 2.30. The number of hydrogen-bond acceptors (Lipinski definition) is 1. The zero-order valence-corrected chi connectivity index (χ0v) is 12.0. The number of allylic oxidation sites excluding steroid dienone is 1. The Kier molecular flexibility index (Phi) is 2.81. The fourth-order valence-electron chi connectivity index (χ4n) is 2.64. The molecule has 0 bridgehead atoms. The van der Waals surface area contributed by atoms with Gasteiger partial charge >= 0.3 is 0 Å². The molecule has 1 unspecified atom stereocenters. The van der Waals surface area contributed by atoms with Crippen molar-refractivity contribution in [3.8, 4) is 5.75 Å². The first-order valence-electron chi connectivity index (χ1n) is 6.31. The Morgan fingerprint density at radius 2 is 1.29 bits per heavy atom. The van der Waals surface area contributed by atoms with E-state index in [0.29, 0.717) is 0 Å². The van der Waals surface area contributed by atoms with Gasteiger partial charge in [-0.2, -0.15) is 0 Å². The fraction of sp³-hybridized carbons (Fsp3) is 0.500. The second-order valence-corrected chi connectivity index (χ2v) is 5.27. The van der Waals surface area contributed by atoms with Crippen molar-refractivity contribution >= 4 is 5.57 Å². The van der Waals surface area contributed by atoms with Gasteiger partial charge in [-0.3, -0.25) is 0 Å². The molecule has 1 nitrogen and oxygen atoms in total. The third kappa shape index (κ3) is 1.60. The molecule has 1 atom stereocenters. The van der Waals surface area contributed by atoms with Gasteiger partial charge in [0.2, 0.25) is 0 Å². The Hall–Kier alpha value is -1.24. The van der Waals surface area contributed by atoms with Gasteiger partial charge in [-0.25, -0.2) is 0 Å². The predicted molar refractivity (Wildman–Crippen MR) is 73.7 cm³/mol. The second kappa shape index (κ2) is 3.90. The van der Waals surface area contributed by atoms with Gasteiger partial charge in [-0.15, -0.1) is 0 Å². The van der Waals surface area contributed by atoms with Crippen molar-refractivity contribution in [2.45, 2.75) is 54.6 Å². The summed E-state index contributed by atoms with van der Waals surface area (Å²) in [6.45, 7) is 15.3. The van der Waals surface area contributed by atoms with E-state index in [1.165, 1.54) is 39.0 Å².